The molecule has 4 nitrogen and oxygen atoms in total. The van der Waals surface area contributed by atoms with Crippen molar-refractivity contribution in [3.63, 3.8) is 0 Å². The second kappa shape index (κ2) is 8.09. The van der Waals surface area contributed by atoms with E-state index in [2.05, 4.69) is 9.97 Å². The number of aromatic nitrogens is 2. The van der Waals surface area contributed by atoms with E-state index in [1.54, 1.807) is 17.3 Å². The molecule has 2 heterocycles. The number of hydrogen-bond acceptors (Lipinski definition) is 4. The second-order valence-corrected chi connectivity index (χ2v) is 8.06. The molecule has 2 aromatic heterocycles. The molecule has 0 saturated carbocycles. The number of carbonyl (C=O) groups is 1. The largest absolute Gasteiger partial charge is 0.283 e. The fraction of sp³-hybridized carbons (Fsp3) is 0.136. The van der Waals surface area contributed by atoms with Crippen LogP contribution in [0, 0.1) is 6.92 Å². The third-order valence-corrected chi connectivity index (χ3v) is 5.65. The smallest absolute Gasteiger partial charge is 0.233 e. The summed E-state index contributed by atoms with van der Waals surface area (Å²) in [6, 6.07) is 17.4. The van der Waals surface area contributed by atoms with Crippen molar-refractivity contribution in [2.24, 2.45) is 0 Å². The lowest BCUT2D eigenvalue weighted by Crippen LogP contribution is -2.31. The Labute approximate surface area is 172 Å². The summed E-state index contributed by atoms with van der Waals surface area (Å²) in [5.74, 6) is -0.000365. The summed E-state index contributed by atoms with van der Waals surface area (Å²) in [5, 5.41) is 1.33. The lowest BCUT2D eigenvalue weighted by molar-refractivity contribution is -0.118. The SMILES string of the molecule is Cc1cccc(CC(=O)N(Cc2cccnc2)c2nc3ccc(Cl)cc3s2)c1. The van der Waals surface area contributed by atoms with Crippen LogP contribution in [0.15, 0.2) is 67.0 Å². The molecule has 0 radical (unpaired) electrons. The van der Waals surface area contributed by atoms with Gasteiger partial charge < -0.3 is 0 Å². The average molecular weight is 408 g/mol. The third kappa shape index (κ3) is 4.21. The highest BCUT2D eigenvalue weighted by Crippen LogP contribution is 2.32. The van der Waals surface area contributed by atoms with Gasteiger partial charge in [0, 0.05) is 17.4 Å². The molecule has 4 aromatic rings. The number of pyridine rings is 1. The monoisotopic (exact) mass is 407 g/mol. The zero-order valence-electron chi connectivity index (χ0n) is 15.3. The molecule has 0 aliphatic heterocycles. The number of anilines is 1. The molecule has 0 unspecified atom stereocenters. The standard InChI is InChI=1S/C22H18ClN3OS/c1-15-4-2-5-16(10-15)11-21(27)26(14-17-6-3-9-24-13-17)22-25-19-8-7-18(23)12-20(19)28-22/h2-10,12-13H,11,14H2,1H3. The van der Waals surface area contributed by atoms with Crippen LogP contribution in [0.2, 0.25) is 5.02 Å². The minimum atomic E-state index is -0.000365. The van der Waals surface area contributed by atoms with Crippen molar-refractivity contribution in [3.05, 3.63) is 88.7 Å². The third-order valence-electron chi connectivity index (χ3n) is 4.37. The Kier molecular flexibility index (Phi) is 5.37. The number of amides is 1. The van der Waals surface area contributed by atoms with Crippen LogP contribution in [0.1, 0.15) is 16.7 Å². The summed E-state index contributed by atoms with van der Waals surface area (Å²) < 4.78 is 0.960. The van der Waals surface area contributed by atoms with Crippen LogP contribution in [0.4, 0.5) is 5.13 Å². The highest BCUT2D eigenvalue weighted by Gasteiger charge is 2.21. The van der Waals surface area contributed by atoms with Crippen molar-refractivity contribution in [3.8, 4) is 0 Å². The molecule has 0 aliphatic rings. The lowest BCUT2D eigenvalue weighted by atomic mass is 10.1. The molecule has 0 aliphatic carbocycles. The molecule has 0 saturated heterocycles. The molecule has 6 heteroatoms. The fourth-order valence-electron chi connectivity index (χ4n) is 3.03. The Morgan fingerprint density at radius 3 is 2.75 bits per heavy atom. The van der Waals surface area contributed by atoms with E-state index in [1.165, 1.54) is 11.3 Å². The minimum absolute atomic E-state index is 0.000365. The predicted molar refractivity (Wildman–Crippen MR) is 115 cm³/mol. The van der Waals surface area contributed by atoms with Crippen molar-refractivity contribution in [2.45, 2.75) is 19.9 Å². The summed E-state index contributed by atoms with van der Waals surface area (Å²) in [4.78, 5) is 23.8. The van der Waals surface area contributed by atoms with Gasteiger partial charge in [0.15, 0.2) is 5.13 Å². The van der Waals surface area contributed by atoms with E-state index in [4.69, 9.17) is 11.6 Å². The first kappa shape index (κ1) is 18.6. The van der Waals surface area contributed by atoms with Gasteiger partial charge in [-0.3, -0.25) is 14.7 Å². The first-order chi connectivity index (χ1) is 13.6. The topological polar surface area (TPSA) is 46.1 Å². The molecule has 0 N–H and O–H groups in total. The first-order valence-corrected chi connectivity index (χ1v) is 10.1. The Hall–Kier alpha value is -2.76. The number of nitrogens with zero attached hydrogens (tertiary/aromatic N) is 3. The van der Waals surface area contributed by atoms with Gasteiger partial charge in [0.25, 0.3) is 0 Å². The zero-order chi connectivity index (χ0) is 19.5. The summed E-state index contributed by atoms with van der Waals surface area (Å²) in [5.41, 5.74) is 3.92. The van der Waals surface area contributed by atoms with Crippen LogP contribution in [0.5, 0.6) is 0 Å². The highest BCUT2D eigenvalue weighted by molar-refractivity contribution is 7.22. The van der Waals surface area contributed by atoms with Gasteiger partial charge in [-0.25, -0.2) is 4.98 Å². The van der Waals surface area contributed by atoms with Gasteiger partial charge in [0.2, 0.25) is 5.91 Å². The number of benzene rings is 2. The molecule has 28 heavy (non-hydrogen) atoms. The molecule has 4 rings (SSSR count). The number of aryl methyl sites for hydroxylation is 1. The molecule has 0 bridgehead atoms. The number of fused-ring (bicyclic) bond motifs is 1. The van der Waals surface area contributed by atoms with Crippen LogP contribution in [0.25, 0.3) is 10.2 Å². The number of carbonyl (C=O) groups excluding carboxylic acids is 1. The van der Waals surface area contributed by atoms with Crippen LogP contribution in [0.3, 0.4) is 0 Å². The van der Waals surface area contributed by atoms with Crippen molar-refractivity contribution < 1.29 is 4.79 Å². The summed E-state index contributed by atoms with van der Waals surface area (Å²) in [6.45, 7) is 2.45. The van der Waals surface area contributed by atoms with E-state index in [0.717, 1.165) is 26.9 Å². The lowest BCUT2D eigenvalue weighted by Gasteiger charge is -2.20. The van der Waals surface area contributed by atoms with E-state index >= 15 is 0 Å². The molecular formula is C22H18ClN3OS. The summed E-state index contributed by atoms with van der Waals surface area (Å²) in [6.07, 6.45) is 3.82. The van der Waals surface area contributed by atoms with E-state index in [1.807, 2.05) is 61.5 Å². The van der Waals surface area contributed by atoms with Crippen molar-refractivity contribution in [2.75, 3.05) is 4.90 Å². The maximum absolute atomic E-state index is 13.2. The van der Waals surface area contributed by atoms with E-state index in [-0.39, 0.29) is 5.91 Å². The van der Waals surface area contributed by atoms with Crippen molar-refractivity contribution in [1.29, 1.82) is 0 Å². The van der Waals surface area contributed by atoms with Crippen molar-refractivity contribution in [1.82, 2.24) is 9.97 Å². The van der Waals surface area contributed by atoms with Crippen molar-refractivity contribution >= 4 is 44.2 Å². The van der Waals surface area contributed by atoms with E-state index < -0.39 is 0 Å². The number of rotatable bonds is 5. The van der Waals surface area contributed by atoms with Gasteiger partial charge in [-0.15, -0.1) is 0 Å². The molecule has 0 fully saturated rings. The Bertz CT molecular complexity index is 1130. The number of thiazole rings is 1. The highest BCUT2D eigenvalue weighted by atomic mass is 35.5. The average Bonchev–Trinajstić information content (AvgIpc) is 3.09. The van der Waals surface area contributed by atoms with Gasteiger partial charge in [0.05, 0.1) is 23.2 Å². The maximum Gasteiger partial charge on any atom is 0.233 e. The van der Waals surface area contributed by atoms with Gasteiger partial charge in [-0.05, 0) is 42.3 Å². The molecule has 2 aromatic carbocycles. The maximum atomic E-state index is 13.2. The molecule has 140 valence electrons. The fourth-order valence-corrected chi connectivity index (χ4v) is 4.29. The zero-order valence-corrected chi connectivity index (χ0v) is 16.9. The Morgan fingerprint density at radius 1 is 1.11 bits per heavy atom. The Morgan fingerprint density at radius 2 is 1.96 bits per heavy atom. The van der Waals surface area contributed by atoms with Gasteiger partial charge in [-0.1, -0.05) is 58.8 Å². The first-order valence-electron chi connectivity index (χ1n) is 8.89. The summed E-state index contributed by atoms with van der Waals surface area (Å²) >= 11 is 7.58. The second-order valence-electron chi connectivity index (χ2n) is 6.62. The molecular weight excluding hydrogens is 390 g/mol. The predicted octanol–water partition coefficient (Wildman–Crippen LogP) is 5.43. The van der Waals surface area contributed by atoms with Crippen LogP contribution >= 0.6 is 22.9 Å². The van der Waals surface area contributed by atoms with Gasteiger partial charge in [-0.2, -0.15) is 0 Å². The molecule has 0 spiro atoms. The quantitative estimate of drug-likeness (QED) is 0.443. The Balaban J connectivity index is 1.68. The number of halogens is 1. The van der Waals surface area contributed by atoms with Crippen LogP contribution < -0.4 is 4.90 Å². The molecule has 1 amide bonds. The summed E-state index contributed by atoms with van der Waals surface area (Å²) in [7, 11) is 0. The molecule has 0 atom stereocenters. The number of hydrogen-bond donors (Lipinski definition) is 0. The van der Waals surface area contributed by atoms with E-state index in [0.29, 0.717) is 23.1 Å². The van der Waals surface area contributed by atoms with Gasteiger partial charge in [0.1, 0.15) is 0 Å². The van der Waals surface area contributed by atoms with Crippen LogP contribution in [-0.4, -0.2) is 15.9 Å². The minimum Gasteiger partial charge on any atom is -0.283 e. The normalized spacial score (nSPS) is 10.9. The van der Waals surface area contributed by atoms with Gasteiger partial charge >= 0.3 is 0 Å². The van der Waals surface area contributed by atoms with Crippen LogP contribution in [-0.2, 0) is 17.8 Å². The van der Waals surface area contributed by atoms with E-state index in [9.17, 15) is 4.79 Å².